The van der Waals surface area contributed by atoms with Gasteiger partial charge in [0.05, 0.1) is 11.4 Å². The second-order valence-corrected chi connectivity index (χ2v) is 8.69. The van der Waals surface area contributed by atoms with Crippen molar-refractivity contribution < 1.29 is 22.7 Å². The van der Waals surface area contributed by atoms with E-state index < -0.39 is 22.0 Å². The Labute approximate surface area is 166 Å². The predicted molar refractivity (Wildman–Crippen MR) is 106 cm³/mol. The van der Waals surface area contributed by atoms with E-state index in [4.69, 9.17) is 4.74 Å². The van der Waals surface area contributed by atoms with E-state index in [1.165, 1.54) is 10.4 Å². The van der Waals surface area contributed by atoms with Crippen LogP contribution in [0.3, 0.4) is 0 Å². The number of aryl methyl sites for hydroxylation is 1. The zero-order valence-corrected chi connectivity index (χ0v) is 17.2. The number of hydrogen-bond acceptors (Lipinski definition) is 5. The summed E-state index contributed by atoms with van der Waals surface area (Å²) < 4.78 is 32.0. The molecule has 0 aliphatic carbocycles. The summed E-state index contributed by atoms with van der Waals surface area (Å²) in [6, 6.07) is 6.72. The number of cyclic esters (lactones) is 1. The van der Waals surface area contributed by atoms with Crippen LogP contribution in [0, 0.1) is 6.92 Å². The normalized spacial score (nSPS) is 14.6. The highest BCUT2D eigenvalue weighted by atomic mass is 32.2. The summed E-state index contributed by atoms with van der Waals surface area (Å²) in [5.74, 6) is -0.459. The Hall–Kier alpha value is -2.45. The molecule has 0 radical (unpaired) electrons. The molecule has 0 saturated carbocycles. The molecule has 1 heterocycles. The Morgan fingerprint density at radius 1 is 1.25 bits per heavy atom. The van der Waals surface area contributed by atoms with Gasteiger partial charge < -0.3 is 4.74 Å². The molecule has 2 rings (SSSR count). The lowest BCUT2D eigenvalue weighted by molar-refractivity contribution is -0.122. The van der Waals surface area contributed by atoms with E-state index in [-0.39, 0.29) is 31.1 Å². The molecule has 0 N–H and O–H groups in total. The van der Waals surface area contributed by atoms with Gasteiger partial charge in [0.1, 0.15) is 6.61 Å². The van der Waals surface area contributed by atoms with Crippen molar-refractivity contribution in [2.24, 2.45) is 0 Å². The lowest BCUT2D eigenvalue weighted by atomic mass is 10.2. The van der Waals surface area contributed by atoms with Crippen molar-refractivity contribution in [1.82, 2.24) is 9.21 Å². The fraction of sp³-hybridized carbons (Fsp3) is 0.400. The monoisotopic (exact) mass is 406 g/mol. The first kappa shape index (κ1) is 21.8. The van der Waals surface area contributed by atoms with Crippen LogP contribution < -0.4 is 0 Å². The van der Waals surface area contributed by atoms with Gasteiger partial charge in [-0.05, 0) is 45.4 Å². The van der Waals surface area contributed by atoms with Gasteiger partial charge in [0, 0.05) is 13.1 Å². The second-order valence-electron chi connectivity index (χ2n) is 6.75. The quantitative estimate of drug-likeness (QED) is 0.490. The first-order valence-corrected chi connectivity index (χ1v) is 10.5. The van der Waals surface area contributed by atoms with Crippen LogP contribution in [0.25, 0.3) is 0 Å². The van der Waals surface area contributed by atoms with E-state index in [0.717, 1.165) is 16.0 Å². The summed E-state index contributed by atoms with van der Waals surface area (Å²) in [5, 5.41) is 0. The Bertz CT molecular complexity index is 868. The molecule has 0 bridgehead atoms. The molecular weight excluding hydrogens is 380 g/mol. The van der Waals surface area contributed by atoms with E-state index in [9.17, 15) is 18.0 Å². The molecule has 1 fully saturated rings. The van der Waals surface area contributed by atoms with Crippen molar-refractivity contribution in [3.8, 4) is 0 Å². The summed E-state index contributed by atoms with van der Waals surface area (Å²) in [4.78, 5) is 24.6. The molecule has 1 aliphatic rings. The Balaban J connectivity index is 2.07. The number of rotatable bonds is 8. The fourth-order valence-electron chi connectivity index (χ4n) is 2.54. The summed E-state index contributed by atoms with van der Waals surface area (Å²) >= 11 is 0. The SMILES string of the molecule is CC(C)=CCN(CC/C=C/C(=O)N1CCOC1=O)S(=O)(=O)c1ccc(C)cc1. The van der Waals surface area contributed by atoms with Gasteiger partial charge in [-0.1, -0.05) is 35.4 Å². The van der Waals surface area contributed by atoms with Gasteiger partial charge in [-0.15, -0.1) is 0 Å². The zero-order chi connectivity index (χ0) is 20.7. The molecule has 0 atom stereocenters. The lowest BCUT2D eigenvalue weighted by Crippen LogP contribution is -2.32. The van der Waals surface area contributed by atoms with Crippen LogP contribution in [0.4, 0.5) is 4.79 Å². The summed E-state index contributed by atoms with van der Waals surface area (Å²) in [6.45, 7) is 6.61. The minimum absolute atomic E-state index is 0.198. The fourth-order valence-corrected chi connectivity index (χ4v) is 3.93. The van der Waals surface area contributed by atoms with E-state index in [0.29, 0.717) is 6.42 Å². The second kappa shape index (κ2) is 9.66. The molecule has 1 aromatic rings. The van der Waals surface area contributed by atoms with Crippen LogP contribution in [0.5, 0.6) is 0 Å². The highest BCUT2D eigenvalue weighted by Crippen LogP contribution is 2.17. The molecular formula is C20H26N2O5S. The van der Waals surface area contributed by atoms with Crippen LogP contribution in [-0.2, 0) is 19.6 Å². The topological polar surface area (TPSA) is 84.0 Å². The van der Waals surface area contributed by atoms with Crippen molar-refractivity contribution in [3.05, 3.63) is 53.6 Å². The number of hydrogen-bond donors (Lipinski definition) is 0. The number of ether oxygens (including phenoxy) is 1. The van der Waals surface area contributed by atoms with Gasteiger partial charge >= 0.3 is 6.09 Å². The Morgan fingerprint density at radius 2 is 1.93 bits per heavy atom. The Morgan fingerprint density at radius 3 is 2.50 bits per heavy atom. The van der Waals surface area contributed by atoms with Crippen molar-refractivity contribution in [2.45, 2.75) is 32.1 Å². The van der Waals surface area contributed by atoms with Crippen LogP contribution in [0.2, 0.25) is 0 Å². The molecule has 1 aromatic carbocycles. The van der Waals surface area contributed by atoms with Crippen LogP contribution in [0.15, 0.2) is 53.0 Å². The van der Waals surface area contributed by atoms with Gasteiger partial charge in [0.15, 0.2) is 0 Å². The van der Waals surface area contributed by atoms with Gasteiger partial charge in [-0.2, -0.15) is 4.31 Å². The van der Waals surface area contributed by atoms with Crippen molar-refractivity contribution >= 4 is 22.0 Å². The summed E-state index contributed by atoms with van der Waals surface area (Å²) in [7, 11) is -3.65. The smallest absolute Gasteiger partial charge is 0.416 e. The lowest BCUT2D eigenvalue weighted by Gasteiger charge is -2.20. The van der Waals surface area contributed by atoms with E-state index >= 15 is 0 Å². The molecule has 1 saturated heterocycles. The third kappa shape index (κ3) is 5.77. The molecule has 0 spiro atoms. The third-order valence-electron chi connectivity index (χ3n) is 4.19. The van der Waals surface area contributed by atoms with Gasteiger partial charge in [-0.3, -0.25) is 4.79 Å². The van der Waals surface area contributed by atoms with E-state index in [1.54, 1.807) is 30.3 Å². The maximum absolute atomic E-state index is 13.0. The molecule has 1 aliphatic heterocycles. The van der Waals surface area contributed by atoms with Crippen LogP contribution in [0.1, 0.15) is 25.8 Å². The number of benzene rings is 1. The number of carbonyl (C=O) groups excluding carboxylic acids is 2. The van der Waals surface area contributed by atoms with E-state index in [2.05, 4.69) is 0 Å². The van der Waals surface area contributed by atoms with Crippen LogP contribution in [-0.4, -0.2) is 55.9 Å². The summed E-state index contributed by atoms with van der Waals surface area (Å²) in [5.41, 5.74) is 2.00. The Kier molecular flexibility index (Phi) is 7.53. The van der Waals surface area contributed by atoms with Gasteiger partial charge in [-0.25, -0.2) is 18.1 Å². The average molecular weight is 407 g/mol. The standard InChI is InChI=1S/C20H26N2O5S/c1-16(2)11-13-21(28(25,26)18-9-7-17(3)8-10-18)12-5-4-6-19(23)22-14-15-27-20(22)24/h4,6-11H,5,12-15H2,1-3H3/b6-4+. The van der Waals surface area contributed by atoms with Crippen molar-refractivity contribution in [1.29, 1.82) is 0 Å². The van der Waals surface area contributed by atoms with Gasteiger partial charge in [0.2, 0.25) is 10.0 Å². The minimum Gasteiger partial charge on any atom is -0.447 e. The summed E-state index contributed by atoms with van der Waals surface area (Å²) in [6.07, 6.45) is 4.40. The van der Waals surface area contributed by atoms with E-state index in [1.807, 2.05) is 26.8 Å². The third-order valence-corrected chi connectivity index (χ3v) is 6.07. The van der Waals surface area contributed by atoms with Crippen molar-refractivity contribution in [3.63, 3.8) is 0 Å². The molecule has 28 heavy (non-hydrogen) atoms. The van der Waals surface area contributed by atoms with Crippen LogP contribution >= 0.6 is 0 Å². The van der Waals surface area contributed by atoms with Gasteiger partial charge in [0.25, 0.3) is 5.91 Å². The highest BCUT2D eigenvalue weighted by molar-refractivity contribution is 7.89. The molecule has 152 valence electrons. The number of sulfonamides is 1. The zero-order valence-electron chi connectivity index (χ0n) is 16.4. The largest absolute Gasteiger partial charge is 0.447 e. The maximum Gasteiger partial charge on any atom is 0.416 e. The molecule has 2 amide bonds. The molecule has 0 aromatic heterocycles. The number of nitrogens with zero attached hydrogens (tertiary/aromatic N) is 2. The minimum atomic E-state index is -3.65. The maximum atomic E-state index is 13.0. The first-order chi connectivity index (χ1) is 13.2. The number of carbonyl (C=O) groups is 2. The molecule has 7 nitrogen and oxygen atoms in total. The highest BCUT2D eigenvalue weighted by Gasteiger charge is 2.26. The molecule has 0 unspecified atom stereocenters. The average Bonchev–Trinajstić information content (AvgIpc) is 3.06. The number of amides is 2. The first-order valence-electron chi connectivity index (χ1n) is 9.07. The van der Waals surface area contributed by atoms with Crippen molar-refractivity contribution in [2.75, 3.05) is 26.2 Å². The number of imide groups is 1. The number of allylic oxidation sites excluding steroid dienone is 1. The predicted octanol–water partition coefficient (Wildman–Crippen LogP) is 2.88. The molecule has 8 heteroatoms.